The topological polar surface area (TPSA) is 117 Å². The number of aliphatic carboxylic acids is 1. The number of ether oxygens (including phenoxy) is 4. The molecule has 3 aromatic carbocycles. The molecule has 288 valence electrons. The summed E-state index contributed by atoms with van der Waals surface area (Å²) in [6.07, 6.45) is 9.71. The molecule has 1 unspecified atom stereocenters. The second kappa shape index (κ2) is 17.9. The van der Waals surface area contributed by atoms with Crippen LogP contribution in [-0.2, 0) is 29.3 Å². The fourth-order valence-corrected chi connectivity index (χ4v) is 8.35. The summed E-state index contributed by atoms with van der Waals surface area (Å²) in [5.74, 6) is 1.06. The minimum Gasteiger partial charge on any atom is -0.493 e. The van der Waals surface area contributed by atoms with Crippen molar-refractivity contribution >= 4 is 17.6 Å². The molecule has 4 heterocycles. The van der Waals surface area contributed by atoms with E-state index in [1.807, 2.05) is 23.1 Å². The second-order valence-corrected chi connectivity index (χ2v) is 15.3. The van der Waals surface area contributed by atoms with Crippen LogP contribution in [0, 0.1) is 25.2 Å². The van der Waals surface area contributed by atoms with Crippen molar-refractivity contribution < 1.29 is 28.8 Å². The smallest absolute Gasteiger partial charge is 0.320 e. The van der Waals surface area contributed by atoms with Crippen molar-refractivity contribution in [3.63, 3.8) is 0 Å². The van der Waals surface area contributed by atoms with Gasteiger partial charge in [0.2, 0.25) is 0 Å². The number of carboxylic acids is 1. The molecular formula is C44H49ClN4O6. The first-order valence-corrected chi connectivity index (χ1v) is 19.7. The number of pyridine rings is 1. The fraction of sp³-hybridized carbons (Fsp3) is 0.432. The number of rotatable bonds is 15. The van der Waals surface area contributed by atoms with E-state index in [2.05, 4.69) is 54.1 Å². The number of nitriles is 1. The molecule has 0 spiro atoms. The summed E-state index contributed by atoms with van der Waals surface area (Å²) in [5.41, 5.74) is 7.39. The zero-order valence-corrected chi connectivity index (χ0v) is 32.4. The van der Waals surface area contributed by atoms with Gasteiger partial charge in [-0.3, -0.25) is 19.6 Å². The van der Waals surface area contributed by atoms with Crippen LogP contribution in [0.3, 0.4) is 0 Å². The summed E-state index contributed by atoms with van der Waals surface area (Å²) in [6.45, 7) is 9.44. The average Bonchev–Trinajstić information content (AvgIpc) is 3.54. The summed E-state index contributed by atoms with van der Waals surface area (Å²) in [6, 6.07) is 19.3. The minimum atomic E-state index is -0.828. The SMILES string of the molecule is Cc1c(COc2cc(OCc3cncc(C#N)c3)c(CN3CCCCC3C(=O)O)cc2Cl)cccc1-c1cccc(OCCCN2C[C@H]3CC[C@@H](C2)O3)c1C. The Hall–Kier alpha value is -4.66. The zero-order chi connectivity index (χ0) is 38.3. The largest absolute Gasteiger partial charge is 0.493 e. The van der Waals surface area contributed by atoms with E-state index in [-0.39, 0.29) is 13.2 Å². The summed E-state index contributed by atoms with van der Waals surface area (Å²) in [4.78, 5) is 20.7. The van der Waals surface area contributed by atoms with E-state index in [1.54, 1.807) is 18.3 Å². The predicted octanol–water partition coefficient (Wildman–Crippen LogP) is 8.12. The summed E-state index contributed by atoms with van der Waals surface area (Å²) in [7, 11) is 0. The molecule has 1 N–H and O–H groups in total. The van der Waals surface area contributed by atoms with Crippen LogP contribution in [0.4, 0.5) is 0 Å². The number of aromatic nitrogens is 1. The predicted molar refractivity (Wildman–Crippen MR) is 211 cm³/mol. The van der Waals surface area contributed by atoms with Gasteiger partial charge < -0.3 is 24.1 Å². The quantitative estimate of drug-likeness (QED) is 0.119. The number of nitrogens with zero attached hydrogens (tertiary/aromatic N) is 4. The van der Waals surface area contributed by atoms with Crippen LogP contribution in [-0.4, -0.2) is 76.9 Å². The molecule has 1 aromatic heterocycles. The number of carbonyl (C=O) groups is 1. The van der Waals surface area contributed by atoms with Gasteiger partial charge in [-0.2, -0.15) is 5.26 Å². The number of hydrogen-bond acceptors (Lipinski definition) is 9. The molecule has 55 heavy (non-hydrogen) atoms. The number of morpholine rings is 1. The normalized spacial score (nSPS) is 19.9. The lowest BCUT2D eigenvalue weighted by Gasteiger charge is -2.33. The lowest BCUT2D eigenvalue weighted by atomic mass is 9.93. The van der Waals surface area contributed by atoms with Crippen LogP contribution >= 0.6 is 11.6 Å². The van der Waals surface area contributed by atoms with E-state index >= 15 is 0 Å². The molecule has 0 radical (unpaired) electrons. The van der Waals surface area contributed by atoms with E-state index < -0.39 is 12.0 Å². The Bertz CT molecular complexity index is 2020. The molecule has 3 atom stereocenters. The maximum Gasteiger partial charge on any atom is 0.320 e. The Morgan fingerprint density at radius 1 is 0.909 bits per heavy atom. The van der Waals surface area contributed by atoms with Crippen molar-refractivity contribution in [2.75, 3.05) is 32.8 Å². The number of halogens is 1. The van der Waals surface area contributed by atoms with Gasteiger partial charge in [0.25, 0.3) is 0 Å². The van der Waals surface area contributed by atoms with Crippen molar-refractivity contribution in [2.45, 2.75) is 90.4 Å². The van der Waals surface area contributed by atoms with Crippen LogP contribution in [0.5, 0.6) is 17.2 Å². The van der Waals surface area contributed by atoms with Crippen molar-refractivity contribution in [2.24, 2.45) is 0 Å². The van der Waals surface area contributed by atoms with Gasteiger partial charge in [0.05, 0.1) is 29.4 Å². The summed E-state index contributed by atoms with van der Waals surface area (Å²) >= 11 is 6.87. The first-order valence-electron chi connectivity index (χ1n) is 19.3. The Morgan fingerprint density at radius 3 is 2.45 bits per heavy atom. The Kier molecular flexibility index (Phi) is 12.5. The van der Waals surface area contributed by atoms with Crippen LogP contribution < -0.4 is 14.2 Å². The molecule has 0 saturated carbocycles. The minimum absolute atomic E-state index is 0.164. The molecule has 3 aliphatic rings. The Balaban J connectivity index is 1.05. The molecule has 3 aliphatic heterocycles. The first-order chi connectivity index (χ1) is 26.7. The maximum absolute atomic E-state index is 12.1. The van der Waals surface area contributed by atoms with Crippen molar-refractivity contribution in [1.82, 2.24) is 14.8 Å². The highest BCUT2D eigenvalue weighted by Crippen LogP contribution is 2.37. The zero-order valence-electron chi connectivity index (χ0n) is 31.6. The van der Waals surface area contributed by atoms with Gasteiger partial charge in [-0.25, -0.2) is 0 Å². The van der Waals surface area contributed by atoms with Gasteiger partial charge in [-0.1, -0.05) is 48.4 Å². The van der Waals surface area contributed by atoms with Crippen molar-refractivity contribution in [1.29, 1.82) is 5.26 Å². The third-order valence-electron chi connectivity index (χ3n) is 11.1. The second-order valence-electron chi connectivity index (χ2n) is 14.9. The standard InChI is InChI=1S/C44H49ClN4O6/c1-29-33(8-5-9-37(29)38-10-6-12-41(30(38)2)52-17-7-15-48-25-35-13-14-36(26-48)55-35)28-54-43-20-42(53-27-32-18-31(21-46)22-47-23-32)34(19-39(43)45)24-49-16-4-3-11-40(49)44(50)51/h5-6,8-10,12,18-20,22-23,35-36,40H,3-4,7,11,13-17,24-28H2,1-2H3,(H,50,51)/t35-,36+,40?. The highest BCUT2D eigenvalue weighted by molar-refractivity contribution is 6.32. The van der Waals surface area contributed by atoms with Gasteiger partial charge in [0.15, 0.2) is 0 Å². The number of benzene rings is 3. The molecule has 2 bridgehead atoms. The molecule has 7 rings (SSSR count). The van der Waals surface area contributed by atoms with Crippen LogP contribution in [0.1, 0.15) is 71.9 Å². The molecular weight excluding hydrogens is 716 g/mol. The van der Waals surface area contributed by atoms with Crippen LogP contribution in [0.2, 0.25) is 5.02 Å². The van der Waals surface area contributed by atoms with Gasteiger partial charge in [0.1, 0.15) is 42.6 Å². The molecule has 0 amide bonds. The Labute approximate surface area is 328 Å². The number of hydrogen-bond donors (Lipinski definition) is 1. The monoisotopic (exact) mass is 764 g/mol. The lowest BCUT2D eigenvalue weighted by molar-refractivity contribution is -0.144. The molecule has 10 nitrogen and oxygen atoms in total. The first kappa shape index (κ1) is 38.6. The van der Waals surface area contributed by atoms with Gasteiger partial charge in [-0.05, 0) is 98.5 Å². The van der Waals surface area contributed by atoms with Gasteiger partial charge in [-0.15, -0.1) is 0 Å². The van der Waals surface area contributed by atoms with Crippen molar-refractivity contribution in [3.8, 4) is 34.4 Å². The highest BCUT2D eigenvalue weighted by atomic mass is 35.5. The number of fused-ring (bicyclic) bond motifs is 2. The average molecular weight is 765 g/mol. The van der Waals surface area contributed by atoms with Gasteiger partial charge >= 0.3 is 5.97 Å². The van der Waals surface area contributed by atoms with E-state index in [1.165, 1.54) is 19.0 Å². The number of likely N-dealkylation sites (tertiary alicyclic amines) is 2. The maximum atomic E-state index is 12.1. The van der Waals surface area contributed by atoms with Crippen LogP contribution in [0.15, 0.2) is 67.0 Å². The molecule has 3 fully saturated rings. The summed E-state index contributed by atoms with van der Waals surface area (Å²) < 4.78 is 25.1. The molecule has 4 aromatic rings. The van der Waals surface area contributed by atoms with Crippen LogP contribution in [0.25, 0.3) is 11.1 Å². The summed E-state index contributed by atoms with van der Waals surface area (Å²) in [5, 5.41) is 19.7. The third-order valence-corrected chi connectivity index (χ3v) is 11.4. The lowest BCUT2D eigenvalue weighted by Crippen LogP contribution is -2.44. The highest BCUT2D eigenvalue weighted by Gasteiger charge is 2.33. The van der Waals surface area contributed by atoms with E-state index in [0.717, 1.165) is 83.6 Å². The third kappa shape index (κ3) is 9.42. The number of carboxylic acid groups (broad SMARTS) is 1. The fourth-order valence-electron chi connectivity index (χ4n) is 8.11. The Morgan fingerprint density at radius 2 is 1.67 bits per heavy atom. The molecule has 0 aliphatic carbocycles. The number of piperidine rings is 1. The molecule has 11 heteroatoms. The van der Waals surface area contributed by atoms with E-state index in [4.69, 9.17) is 30.5 Å². The molecule has 3 saturated heterocycles. The van der Waals surface area contributed by atoms with E-state index in [9.17, 15) is 15.2 Å². The van der Waals surface area contributed by atoms with Crippen molar-refractivity contribution in [3.05, 3.63) is 105 Å². The van der Waals surface area contributed by atoms with E-state index in [0.29, 0.717) is 60.4 Å². The van der Waals surface area contributed by atoms with Gasteiger partial charge in [0, 0.05) is 55.8 Å².